The highest BCUT2D eigenvalue weighted by Crippen LogP contribution is 2.35. The summed E-state index contributed by atoms with van der Waals surface area (Å²) in [5.41, 5.74) is 9.44. The molecule has 0 atom stereocenters. The Bertz CT molecular complexity index is 1580. The van der Waals surface area contributed by atoms with Crippen LogP contribution >= 0.6 is 0 Å². The Morgan fingerprint density at radius 2 is 1.82 bits per heavy atom. The van der Waals surface area contributed by atoms with Gasteiger partial charge in [0, 0.05) is 36.1 Å². The molecule has 5 rings (SSSR count). The van der Waals surface area contributed by atoms with Gasteiger partial charge in [0.05, 0.1) is 23.4 Å². The number of benzene rings is 1. The second-order valence-corrected chi connectivity index (χ2v) is 7.90. The molecule has 0 aliphatic rings. The number of fused-ring (bicyclic) bond motifs is 1. The maximum absolute atomic E-state index is 14.2. The van der Waals surface area contributed by atoms with E-state index in [4.69, 9.17) is 5.73 Å². The topological polar surface area (TPSA) is 104 Å². The lowest BCUT2D eigenvalue weighted by Gasteiger charge is -2.13. The molecule has 5 aromatic rings. The van der Waals surface area contributed by atoms with Crippen molar-refractivity contribution in [2.45, 2.75) is 13.3 Å². The third-order valence-electron chi connectivity index (χ3n) is 5.48. The van der Waals surface area contributed by atoms with Gasteiger partial charge in [0.2, 0.25) is 5.95 Å². The second kappa shape index (κ2) is 8.14. The standard InChI is InChI=1S/C24H19F2N7O/c1-13-10-15(12-32(2)23(13)34)20-21(14-5-7-16(25)8-6-14)30-24(27)33-22(20)29-19(31-33)11-18-17(26)4-3-9-28-18/h3-10,12H,11H2,1-2H3,(H2,27,30). The summed E-state index contributed by atoms with van der Waals surface area (Å²) in [6, 6.07) is 10.4. The quantitative estimate of drug-likeness (QED) is 0.442. The van der Waals surface area contributed by atoms with Crippen molar-refractivity contribution in [1.29, 1.82) is 0 Å². The third kappa shape index (κ3) is 3.68. The highest BCUT2D eigenvalue weighted by molar-refractivity contribution is 5.90. The minimum Gasteiger partial charge on any atom is -0.368 e. The smallest absolute Gasteiger partial charge is 0.253 e. The number of pyridine rings is 2. The summed E-state index contributed by atoms with van der Waals surface area (Å²) in [6.45, 7) is 1.71. The van der Waals surface area contributed by atoms with E-state index in [2.05, 4.69) is 20.1 Å². The molecule has 0 fully saturated rings. The highest BCUT2D eigenvalue weighted by Gasteiger charge is 2.21. The van der Waals surface area contributed by atoms with Gasteiger partial charge in [-0.2, -0.15) is 4.52 Å². The zero-order chi connectivity index (χ0) is 24.0. The van der Waals surface area contributed by atoms with Crippen molar-refractivity contribution >= 4 is 11.6 Å². The SMILES string of the molecule is Cc1cc(-c2c(-c3ccc(F)cc3)nc(N)n3nc(Cc4ncccc4F)nc23)cn(C)c1=O. The van der Waals surface area contributed by atoms with Crippen molar-refractivity contribution < 1.29 is 8.78 Å². The van der Waals surface area contributed by atoms with E-state index < -0.39 is 5.82 Å². The van der Waals surface area contributed by atoms with Gasteiger partial charge in [0.15, 0.2) is 11.5 Å². The first-order chi connectivity index (χ1) is 16.3. The maximum atomic E-state index is 14.2. The van der Waals surface area contributed by atoms with Gasteiger partial charge in [0.1, 0.15) is 11.6 Å². The predicted octanol–water partition coefficient (Wildman–Crippen LogP) is 3.31. The minimum absolute atomic E-state index is 0.0470. The van der Waals surface area contributed by atoms with E-state index in [0.717, 1.165) is 0 Å². The lowest BCUT2D eigenvalue weighted by atomic mass is 10.00. The summed E-state index contributed by atoms with van der Waals surface area (Å²) in [5.74, 6) is -0.502. The molecule has 170 valence electrons. The van der Waals surface area contributed by atoms with Crippen molar-refractivity contribution in [2.75, 3.05) is 5.73 Å². The average molecular weight is 459 g/mol. The number of halogens is 2. The molecular weight excluding hydrogens is 440 g/mol. The fourth-order valence-electron chi connectivity index (χ4n) is 3.87. The average Bonchev–Trinajstić information content (AvgIpc) is 3.23. The van der Waals surface area contributed by atoms with Crippen molar-refractivity contribution in [2.24, 2.45) is 7.05 Å². The first kappa shape index (κ1) is 21.4. The normalized spacial score (nSPS) is 11.3. The largest absolute Gasteiger partial charge is 0.368 e. The van der Waals surface area contributed by atoms with Crippen molar-refractivity contribution in [3.8, 4) is 22.4 Å². The lowest BCUT2D eigenvalue weighted by Crippen LogP contribution is -2.18. The van der Waals surface area contributed by atoms with Crippen LogP contribution < -0.4 is 11.3 Å². The fourth-order valence-corrected chi connectivity index (χ4v) is 3.87. The lowest BCUT2D eigenvalue weighted by molar-refractivity contribution is 0.601. The van der Waals surface area contributed by atoms with E-state index in [9.17, 15) is 13.6 Å². The zero-order valence-electron chi connectivity index (χ0n) is 18.3. The van der Waals surface area contributed by atoms with Crippen molar-refractivity contribution in [1.82, 2.24) is 29.1 Å². The van der Waals surface area contributed by atoms with Crippen molar-refractivity contribution in [3.63, 3.8) is 0 Å². The molecule has 8 nitrogen and oxygen atoms in total. The molecule has 4 aromatic heterocycles. The van der Waals surface area contributed by atoms with Gasteiger partial charge in [-0.1, -0.05) is 0 Å². The molecule has 4 heterocycles. The fraction of sp³-hybridized carbons (Fsp3) is 0.125. The molecular formula is C24H19F2N7O. The van der Waals surface area contributed by atoms with Gasteiger partial charge in [-0.15, -0.1) is 5.10 Å². The van der Waals surface area contributed by atoms with Crippen LogP contribution in [0.3, 0.4) is 0 Å². The molecule has 0 unspecified atom stereocenters. The predicted molar refractivity (Wildman–Crippen MR) is 123 cm³/mol. The summed E-state index contributed by atoms with van der Waals surface area (Å²) in [6.07, 6.45) is 3.21. The van der Waals surface area contributed by atoms with Crippen LogP contribution in [-0.4, -0.2) is 29.1 Å². The zero-order valence-corrected chi connectivity index (χ0v) is 18.3. The Hall–Kier alpha value is -4.47. The number of nitrogens with zero attached hydrogens (tertiary/aromatic N) is 6. The number of aryl methyl sites for hydroxylation is 2. The number of nitrogens with two attached hydrogens (primary N) is 1. The summed E-state index contributed by atoms with van der Waals surface area (Å²) in [5, 5.41) is 4.43. The molecule has 0 spiro atoms. The molecule has 10 heteroatoms. The second-order valence-electron chi connectivity index (χ2n) is 7.90. The van der Waals surface area contributed by atoms with Crippen LogP contribution in [0.5, 0.6) is 0 Å². The molecule has 0 saturated heterocycles. The molecule has 34 heavy (non-hydrogen) atoms. The van der Waals surface area contributed by atoms with Gasteiger partial charge in [-0.05, 0) is 49.4 Å². The van der Waals surface area contributed by atoms with Crippen LogP contribution in [0.25, 0.3) is 28.0 Å². The molecule has 0 bridgehead atoms. The van der Waals surface area contributed by atoms with Crippen LogP contribution in [0.1, 0.15) is 17.1 Å². The summed E-state index contributed by atoms with van der Waals surface area (Å²) < 4.78 is 30.6. The van der Waals surface area contributed by atoms with Gasteiger partial charge >= 0.3 is 0 Å². The van der Waals surface area contributed by atoms with Gasteiger partial charge in [0.25, 0.3) is 5.56 Å². The summed E-state index contributed by atoms with van der Waals surface area (Å²) >= 11 is 0. The molecule has 0 radical (unpaired) electrons. The molecule has 0 aliphatic heterocycles. The maximum Gasteiger partial charge on any atom is 0.253 e. The molecule has 1 aromatic carbocycles. The monoisotopic (exact) mass is 459 g/mol. The van der Waals surface area contributed by atoms with Crippen LogP contribution in [0, 0.1) is 18.6 Å². The van der Waals surface area contributed by atoms with Gasteiger partial charge < -0.3 is 10.3 Å². The first-order valence-electron chi connectivity index (χ1n) is 10.4. The number of hydrogen-bond donors (Lipinski definition) is 1. The van der Waals surface area contributed by atoms with E-state index in [1.807, 2.05) is 0 Å². The van der Waals surface area contributed by atoms with E-state index in [0.29, 0.717) is 39.4 Å². The van der Waals surface area contributed by atoms with E-state index in [1.54, 1.807) is 38.4 Å². The van der Waals surface area contributed by atoms with Crippen LogP contribution in [-0.2, 0) is 13.5 Å². The van der Waals surface area contributed by atoms with Crippen LogP contribution in [0.4, 0.5) is 14.7 Å². The van der Waals surface area contributed by atoms with E-state index >= 15 is 0 Å². The molecule has 0 saturated carbocycles. The Kier molecular flexibility index (Phi) is 5.12. The van der Waals surface area contributed by atoms with E-state index in [1.165, 1.54) is 39.5 Å². The highest BCUT2D eigenvalue weighted by atomic mass is 19.1. The number of rotatable bonds is 4. The first-order valence-corrected chi connectivity index (χ1v) is 10.4. The number of hydrogen-bond acceptors (Lipinski definition) is 6. The molecule has 0 amide bonds. The van der Waals surface area contributed by atoms with E-state index in [-0.39, 0.29) is 29.4 Å². The number of nitrogen functional groups attached to an aromatic ring is 1. The number of anilines is 1. The van der Waals surface area contributed by atoms with Crippen LogP contribution in [0.15, 0.2) is 59.7 Å². The van der Waals surface area contributed by atoms with Gasteiger partial charge in [-0.25, -0.2) is 18.7 Å². The Labute approximate surface area is 192 Å². The van der Waals surface area contributed by atoms with Gasteiger partial charge in [-0.3, -0.25) is 9.78 Å². The summed E-state index contributed by atoms with van der Waals surface area (Å²) in [7, 11) is 1.65. The summed E-state index contributed by atoms with van der Waals surface area (Å²) in [4.78, 5) is 25.6. The Morgan fingerprint density at radius 3 is 2.53 bits per heavy atom. The van der Waals surface area contributed by atoms with Crippen molar-refractivity contribution in [3.05, 3.63) is 93.9 Å². The Morgan fingerprint density at radius 1 is 1.06 bits per heavy atom. The molecule has 0 aliphatic carbocycles. The third-order valence-corrected chi connectivity index (χ3v) is 5.48. The minimum atomic E-state index is -0.464. The Balaban J connectivity index is 1.79. The molecule has 2 N–H and O–H groups in total. The van der Waals surface area contributed by atoms with Crippen LogP contribution in [0.2, 0.25) is 0 Å². The number of aromatic nitrogens is 6.